The first-order chi connectivity index (χ1) is 12.6. The molecule has 2 heterocycles. The molecule has 1 amide bonds. The number of fused-ring (bicyclic) bond motifs is 1. The van der Waals surface area contributed by atoms with E-state index >= 15 is 0 Å². The molecule has 1 atom stereocenters. The van der Waals surface area contributed by atoms with Crippen LogP contribution in [0.15, 0.2) is 60.8 Å². The molecule has 0 aliphatic carbocycles. The van der Waals surface area contributed by atoms with Crippen LogP contribution in [0.5, 0.6) is 0 Å². The molecule has 4 rings (SSSR count). The summed E-state index contributed by atoms with van der Waals surface area (Å²) >= 11 is 0. The van der Waals surface area contributed by atoms with Crippen LogP contribution in [0.1, 0.15) is 38.8 Å². The Kier molecular flexibility index (Phi) is 3.96. The standard InChI is InChI=1S/C22H21N3O/c1-14-11-12-19(23-13-14)25-21(17-9-4-5-10-18(17)22(25)26)24-20-15(2)7-6-8-16(20)3/h4-13,21,24H,1-3H3/t21-/m0/s1. The van der Waals surface area contributed by atoms with Crippen LogP contribution in [0.25, 0.3) is 0 Å². The molecule has 0 saturated heterocycles. The number of carbonyl (C=O) groups excluding carboxylic acids is 1. The monoisotopic (exact) mass is 343 g/mol. The number of aryl methyl sites for hydroxylation is 3. The summed E-state index contributed by atoms with van der Waals surface area (Å²) in [5, 5.41) is 3.59. The van der Waals surface area contributed by atoms with Gasteiger partial charge in [0.05, 0.1) is 0 Å². The first-order valence-electron chi connectivity index (χ1n) is 8.74. The van der Waals surface area contributed by atoms with Gasteiger partial charge in [0, 0.05) is 23.0 Å². The zero-order valence-corrected chi connectivity index (χ0v) is 15.2. The highest BCUT2D eigenvalue weighted by Gasteiger charge is 2.38. The Morgan fingerprint density at radius 3 is 2.35 bits per heavy atom. The lowest BCUT2D eigenvalue weighted by atomic mass is 10.1. The molecule has 1 N–H and O–H groups in total. The van der Waals surface area contributed by atoms with E-state index in [-0.39, 0.29) is 12.1 Å². The predicted molar refractivity (Wildman–Crippen MR) is 105 cm³/mol. The number of hydrogen-bond donors (Lipinski definition) is 1. The van der Waals surface area contributed by atoms with Crippen molar-refractivity contribution in [3.05, 3.63) is 88.6 Å². The second kappa shape index (κ2) is 6.30. The van der Waals surface area contributed by atoms with Crippen molar-refractivity contribution in [3.8, 4) is 0 Å². The van der Waals surface area contributed by atoms with Crippen molar-refractivity contribution in [2.45, 2.75) is 26.9 Å². The number of nitrogens with one attached hydrogen (secondary N) is 1. The molecular formula is C22H21N3O. The van der Waals surface area contributed by atoms with Crippen LogP contribution < -0.4 is 10.2 Å². The molecule has 0 fully saturated rings. The lowest BCUT2D eigenvalue weighted by Crippen LogP contribution is -2.33. The number of nitrogens with zero attached hydrogens (tertiary/aromatic N) is 2. The topological polar surface area (TPSA) is 45.2 Å². The first kappa shape index (κ1) is 16.3. The molecule has 1 aliphatic rings. The van der Waals surface area contributed by atoms with Gasteiger partial charge in [-0.15, -0.1) is 0 Å². The second-order valence-electron chi connectivity index (χ2n) is 6.77. The Morgan fingerprint density at radius 1 is 0.923 bits per heavy atom. The minimum absolute atomic E-state index is 0.0271. The second-order valence-corrected chi connectivity index (χ2v) is 6.77. The van der Waals surface area contributed by atoms with Crippen LogP contribution in [0.3, 0.4) is 0 Å². The fraction of sp³-hybridized carbons (Fsp3) is 0.182. The number of benzene rings is 2. The highest BCUT2D eigenvalue weighted by atomic mass is 16.2. The highest BCUT2D eigenvalue weighted by molar-refractivity contribution is 6.11. The summed E-state index contributed by atoms with van der Waals surface area (Å²) in [7, 11) is 0. The molecule has 2 aromatic carbocycles. The molecular weight excluding hydrogens is 322 g/mol. The molecule has 0 saturated carbocycles. The number of carbonyl (C=O) groups is 1. The van der Waals surface area contributed by atoms with Crippen LogP contribution in [-0.4, -0.2) is 10.9 Å². The van der Waals surface area contributed by atoms with E-state index in [4.69, 9.17) is 0 Å². The number of para-hydroxylation sites is 1. The van der Waals surface area contributed by atoms with Gasteiger partial charge in [-0.05, 0) is 49.6 Å². The Bertz CT molecular complexity index is 959. The van der Waals surface area contributed by atoms with E-state index in [0.29, 0.717) is 5.82 Å². The maximum Gasteiger partial charge on any atom is 0.261 e. The van der Waals surface area contributed by atoms with E-state index in [0.717, 1.165) is 33.5 Å². The molecule has 0 radical (unpaired) electrons. The maximum atomic E-state index is 13.1. The SMILES string of the molecule is Cc1ccc(N2C(=O)c3ccccc3[C@H]2Nc2c(C)cccc2C)nc1. The number of anilines is 2. The van der Waals surface area contributed by atoms with Crippen molar-refractivity contribution in [3.63, 3.8) is 0 Å². The van der Waals surface area contributed by atoms with Crippen molar-refractivity contribution in [2.75, 3.05) is 10.2 Å². The minimum Gasteiger partial charge on any atom is -0.361 e. The van der Waals surface area contributed by atoms with Crippen LogP contribution in [0.4, 0.5) is 11.5 Å². The predicted octanol–water partition coefficient (Wildman–Crippen LogP) is 4.78. The van der Waals surface area contributed by atoms with E-state index in [1.807, 2.05) is 49.4 Å². The average Bonchev–Trinajstić information content (AvgIpc) is 2.92. The number of hydrogen-bond acceptors (Lipinski definition) is 3. The van der Waals surface area contributed by atoms with E-state index in [9.17, 15) is 4.79 Å². The van der Waals surface area contributed by atoms with Gasteiger partial charge in [0.1, 0.15) is 12.0 Å². The smallest absolute Gasteiger partial charge is 0.261 e. The van der Waals surface area contributed by atoms with Crippen molar-refractivity contribution < 1.29 is 4.79 Å². The van der Waals surface area contributed by atoms with E-state index < -0.39 is 0 Å². The lowest BCUT2D eigenvalue weighted by Gasteiger charge is -2.27. The number of aromatic nitrogens is 1. The van der Waals surface area contributed by atoms with Crippen molar-refractivity contribution in [1.82, 2.24) is 4.98 Å². The molecule has 4 nitrogen and oxygen atoms in total. The Labute approximate surface area is 153 Å². The van der Waals surface area contributed by atoms with E-state index in [1.165, 1.54) is 0 Å². The molecule has 0 bridgehead atoms. The summed E-state index contributed by atoms with van der Waals surface area (Å²) in [4.78, 5) is 19.3. The van der Waals surface area contributed by atoms with Gasteiger partial charge in [-0.2, -0.15) is 0 Å². The van der Waals surface area contributed by atoms with Gasteiger partial charge in [0.15, 0.2) is 0 Å². The Balaban J connectivity index is 1.82. The fourth-order valence-electron chi connectivity index (χ4n) is 3.48. The molecule has 0 spiro atoms. The van der Waals surface area contributed by atoms with Gasteiger partial charge in [0.2, 0.25) is 0 Å². The van der Waals surface area contributed by atoms with E-state index in [1.54, 1.807) is 11.1 Å². The van der Waals surface area contributed by atoms with Crippen LogP contribution in [0.2, 0.25) is 0 Å². The summed E-state index contributed by atoms with van der Waals surface area (Å²) in [6, 6.07) is 17.8. The lowest BCUT2D eigenvalue weighted by molar-refractivity contribution is 0.0992. The van der Waals surface area contributed by atoms with Crippen molar-refractivity contribution >= 4 is 17.4 Å². The van der Waals surface area contributed by atoms with Crippen LogP contribution >= 0.6 is 0 Å². The molecule has 26 heavy (non-hydrogen) atoms. The van der Waals surface area contributed by atoms with Gasteiger partial charge in [-0.3, -0.25) is 9.69 Å². The molecule has 130 valence electrons. The van der Waals surface area contributed by atoms with Gasteiger partial charge < -0.3 is 5.32 Å². The summed E-state index contributed by atoms with van der Waals surface area (Å²) in [6.45, 7) is 6.14. The summed E-state index contributed by atoms with van der Waals surface area (Å²) in [6.07, 6.45) is 1.51. The van der Waals surface area contributed by atoms with E-state index in [2.05, 4.69) is 36.3 Å². The third-order valence-electron chi connectivity index (χ3n) is 4.87. The largest absolute Gasteiger partial charge is 0.361 e. The summed E-state index contributed by atoms with van der Waals surface area (Å²) in [5.74, 6) is 0.626. The van der Waals surface area contributed by atoms with Gasteiger partial charge in [0.25, 0.3) is 5.91 Å². The Morgan fingerprint density at radius 2 is 1.65 bits per heavy atom. The number of amides is 1. The van der Waals surface area contributed by atoms with Crippen molar-refractivity contribution in [2.24, 2.45) is 0 Å². The Hall–Kier alpha value is -3.14. The zero-order valence-electron chi connectivity index (χ0n) is 15.2. The van der Waals surface area contributed by atoms with Gasteiger partial charge in [-0.1, -0.05) is 42.5 Å². The quantitative estimate of drug-likeness (QED) is 0.744. The number of rotatable bonds is 3. The molecule has 1 aliphatic heterocycles. The zero-order chi connectivity index (χ0) is 18.3. The maximum absolute atomic E-state index is 13.1. The molecule has 4 heteroatoms. The van der Waals surface area contributed by atoms with Crippen LogP contribution in [0, 0.1) is 20.8 Å². The van der Waals surface area contributed by atoms with Gasteiger partial charge >= 0.3 is 0 Å². The highest BCUT2D eigenvalue weighted by Crippen LogP contribution is 2.38. The fourth-order valence-corrected chi connectivity index (χ4v) is 3.48. The minimum atomic E-state index is -0.284. The summed E-state index contributed by atoms with van der Waals surface area (Å²) < 4.78 is 0. The first-order valence-corrected chi connectivity index (χ1v) is 8.74. The molecule has 0 unspecified atom stereocenters. The number of pyridine rings is 1. The van der Waals surface area contributed by atoms with Crippen LogP contribution in [-0.2, 0) is 0 Å². The average molecular weight is 343 g/mol. The van der Waals surface area contributed by atoms with Gasteiger partial charge in [-0.25, -0.2) is 4.98 Å². The summed E-state index contributed by atoms with van der Waals surface area (Å²) in [5.41, 5.74) is 6.12. The third kappa shape index (κ3) is 2.64. The third-order valence-corrected chi connectivity index (χ3v) is 4.87. The molecule has 1 aromatic heterocycles. The van der Waals surface area contributed by atoms with Crippen molar-refractivity contribution in [1.29, 1.82) is 0 Å². The molecule has 3 aromatic rings. The normalized spacial score (nSPS) is 15.9.